The molecule has 0 radical (unpaired) electrons. The smallest absolute Gasteiger partial charge is 0.243 e. The van der Waals surface area contributed by atoms with E-state index in [4.69, 9.17) is 4.74 Å². The van der Waals surface area contributed by atoms with Crippen molar-refractivity contribution < 1.29 is 9.53 Å². The minimum absolute atomic E-state index is 0.174. The third kappa shape index (κ3) is 3.36. The van der Waals surface area contributed by atoms with Crippen LogP contribution in [0, 0.1) is 0 Å². The first kappa shape index (κ1) is 19.1. The molecule has 4 nitrogen and oxygen atoms in total. The molecule has 152 valence electrons. The van der Waals surface area contributed by atoms with Gasteiger partial charge in [0.15, 0.2) is 0 Å². The molecule has 5 rings (SSSR count). The van der Waals surface area contributed by atoms with Gasteiger partial charge in [0.2, 0.25) is 17.5 Å². The van der Waals surface area contributed by atoms with E-state index < -0.39 is 5.72 Å². The van der Waals surface area contributed by atoms with Crippen molar-refractivity contribution in [2.75, 3.05) is 0 Å². The Hall–Kier alpha value is -3.92. The highest BCUT2D eigenvalue weighted by atomic mass is 16.6. The summed E-state index contributed by atoms with van der Waals surface area (Å²) in [5.74, 6) is 0.261. The average Bonchev–Trinajstić information content (AvgIpc) is 3.18. The first-order valence-corrected chi connectivity index (χ1v) is 10.3. The van der Waals surface area contributed by atoms with Gasteiger partial charge in [0, 0.05) is 25.0 Å². The van der Waals surface area contributed by atoms with Crippen LogP contribution in [0.5, 0.6) is 0 Å². The number of rotatable bonds is 3. The van der Waals surface area contributed by atoms with Gasteiger partial charge >= 0.3 is 0 Å². The summed E-state index contributed by atoms with van der Waals surface area (Å²) in [5.41, 5.74) is 2.96. The number of fused-ring (bicyclic) bond motifs is 1. The van der Waals surface area contributed by atoms with E-state index in [0.29, 0.717) is 5.90 Å². The van der Waals surface area contributed by atoms with E-state index in [2.05, 4.69) is 35.4 Å². The van der Waals surface area contributed by atoms with Gasteiger partial charge < -0.3 is 4.74 Å². The molecule has 0 saturated carbocycles. The van der Waals surface area contributed by atoms with Crippen molar-refractivity contribution in [3.05, 3.63) is 108 Å². The van der Waals surface area contributed by atoms with Crippen LogP contribution in [0.15, 0.2) is 102 Å². The molecule has 0 unspecified atom stereocenters. The van der Waals surface area contributed by atoms with E-state index >= 15 is 0 Å². The molecule has 4 heteroatoms. The van der Waals surface area contributed by atoms with E-state index in [1.54, 1.807) is 0 Å². The lowest BCUT2D eigenvalue weighted by Crippen LogP contribution is -2.41. The lowest BCUT2D eigenvalue weighted by molar-refractivity contribution is -0.146. The summed E-state index contributed by atoms with van der Waals surface area (Å²) in [7, 11) is 0. The number of amides is 1. The van der Waals surface area contributed by atoms with Gasteiger partial charge in [0.05, 0.1) is 0 Å². The molecule has 0 aromatic heterocycles. The van der Waals surface area contributed by atoms with Gasteiger partial charge in [-0.15, -0.1) is 5.10 Å². The monoisotopic (exact) mass is 406 g/mol. The lowest BCUT2D eigenvalue weighted by Gasteiger charge is -2.31. The third-order valence-corrected chi connectivity index (χ3v) is 5.71. The zero-order chi connectivity index (χ0) is 21.4. The molecule has 4 aromatic rings. The molecule has 0 N–H and O–H groups in total. The Balaban J connectivity index is 1.50. The summed E-state index contributed by atoms with van der Waals surface area (Å²) in [6.07, 6.45) is 0. The van der Waals surface area contributed by atoms with Crippen LogP contribution in [-0.2, 0) is 15.3 Å². The van der Waals surface area contributed by atoms with Crippen LogP contribution in [0.3, 0.4) is 0 Å². The van der Waals surface area contributed by atoms with Gasteiger partial charge in [-0.1, -0.05) is 78.9 Å². The number of hydrazone groups is 1. The number of benzene rings is 4. The molecule has 1 amide bonds. The molecular weight excluding hydrogens is 384 g/mol. The Kier molecular flexibility index (Phi) is 4.55. The van der Waals surface area contributed by atoms with Gasteiger partial charge in [0.25, 0.3) is 0 Å². The van der Waals surface area contributed by atoms with Crippen LogP contribution in [0.25, 0.3) is 21.9 Å². The van der Waals surface area contributed by atoms with Crippen LogP contribution in [0.4, 0.5) is 0 Å². The standard InChI is InChI=1S/C27H22N2O2/c1-19(30)29-27(2,25-17-16-21-10-6-7-11-24(21)18-25)31-26(28-29)23-14-12-22(13-15-23)20-8-4-3-5-9-20/h3-18H,1-2H3/t27-/m1/s1. The lowest BCUT2D eigenvalue weighted by atomic mass is 9.99. The van der Waals surface area contributed by atoms with E-state index in [0.717, 1.165) is 33.0 Å². The van der Waals surface area contributed by atoms with Crippen molar-refractivity contribution in [2.24, 2.45) is 5.10 Å². The predicted octanol–water partition coefficient (Wildman–Crippen LogP) is 5.92. The van der Waals surface area contributed by atoms with Crippen LogP contribution >= 0.6 is 0 Å². The Bertz CT molecular complexity index is 1300. The molecule has 1 heterocycles. The Morgan fingerprint density at radius 2 is 1.39 bits per heavy atom. The fraction of sp³-hybridized carbons (Fsp3) is 0.111. The van der Waals surface area contributed by atoms with E-state index in [9.17, 15) is 4.79 Å². The maximum Gasteiger partial charge on any atom is 0.243 e. The van der Waals surface area contributed by atoms with Crippen LogP contribution in [-0.4, -0.2) is 16.8 Å². The minimum Gasteiger partial charge on any atom is -0.443 e. The molecule has 0 aliphatic carbocycles. The van der Waals surface area contributed by atoms with Crippen LogP contribution in [0.2, 0.25) is 0 Å². The van der Waals surface area contributed by atoms with E-state index in [-0.39, 0.29) is 5.91 Å². The summed E-state index contributed by atoms with van der Waals surface area (Å²) < 4.78 is 6.34. The Labute approximate surface area is 181 Å². The van der Waals surface area contributed by atoms with Gasteiger partial charge in [-0.2, -0.15) is 5.01 Å². The van der Waals surface area contributed by atoms with Gasteiger partial charge in [0.1, 0.15) is 0 Å². The third-order valence-electron chi connectivity index (χ3n) is 5.71. The first-order chi connectivity index (χ1) is 15.0. The zero-order valence-corrected chi connectivity index (χ0v) is 17.4. The largest absolute Gasteiger partial charge is 0.443 e. The van der Waals surface area contributed by atoms with Crippen LogP contribution in [0.1, 0.15) is 25.0 Å². The highest BCUT2D eigenvalue weighted by molar-refractivity contribution is 5.97. The van der Waals surface area contributed by atoms with Gasteiger partial charge in [-0.25, -0.2) is 0 Å². The molecule has 0 bridgehead atoms. The van der Waals surface area contributed by atoms with Crippen molar-refractivity contribution in [3.8, 4) is 11.1 Å². The number of carbonyl (C=O) groups excluding carboxylic acids is 1. The molecule has 1 aliphatic heterocycles. The first-order valence-electron chi connectivity index (χ1n) is 10.3. The summed E-state index contributed by atoms with van der Waals surface area (Å²) in [4.78, 5) is 12.5. The second kappa shape index (κ2) is 7.40. The van der Waals surface area contributed by atoms with E-state index in [1.165, 1.54) is 11.9 Å². The Morgan fingerprint density at radius 3 is 2.10 bits per heavy atom. The molecule has 0 fully saturated rings. The number of ether oxygens (including phenoxy) is 1. The van der Waals surface area contributed by atoms with Crippen molar-refractivity contribution >= 4 is 22.6 Å². The summed E-state index contributed by atoms with van der Waals surface area (Å²) in [6.45, 7) is 3.39. The molecule has 0 saturated heterocycles. The maximum atomic E-state index is 12.5. The summed E-state index contributed by atoms with van der Waals surface area (Å²) in [5, 5.41) is 8.21. The number of nitrogens with zero attached hydrogens (tertiary/aromatic N) is 2. The van der Waals surface area contributed by atoms with Crippen LogP contribution < -0.4 is 0 Å². The van der Waals surface area contributed by atoms with Crippen molar-refractivity contribution in [3.63, 3.8) is 0 Å². The molecule has 1 atom stereocenters. The second-order valence-corrected chi connectivity index (χ2v) is 7.83. The molecule has 31 heavy (non-hydrogen) atoms. The van der Waals surface area contributed by atoms with Gasteiger partial charge in [-0.3, -0.25) is 4.79 Å². The minimum atomic E-state index is -1.01. The topological polar surface area (TPSA) is 41.9 Å². The normalized spacial score (nSPS) is 18.0. The average molecular weight is 406 g/mol. The highest BCUT2D eigenvalue weighted by Crippen LogP contribution is 2.38. The molecule has 1 aliphatic rings. The number of hydrogen-bond donors (Lipinski definition) is 0. The molecule has 0 spiro atoms. The van der Waals surface area contributed by atoms with Crippen molar-refractivity contribution in [2.45, 2.75) is 19.6 Å². The number of carbonyl (C=O) groups is 1. The predicted molar refractivity (Wildman–Crippen MR) is 123 cm³/mol. The second-order valence-electron chi connectivity index (χ2n) is 7.83. The number of hydrogen-bond acceptors (Lipinski definition) is 3. The Morgan fingerprint density at radius 1 is 0.774 bits per heavy atom. The van der Waals surface area contributed by atoms with E-state index in [1.807, 2.05) is 73.7 Å². The summed E-state index contributed by atoms with van der Waals surface area (Å²) >= 11 is 0. The maximum absolute atomic E-state index is 12.5. The van der Waals surface area contributed by atoms with Crippen molar-refractivity contribution in [1.82, 2.24) is 5.01 Å². The zero-order valence-electron chi connectivity index (χ0n) is 17.4. The molecular formula is C27H22N2O2. The molecule has 4 aromatic carbocycles. The fourth-order valence-electron chi connectivity index (χ4n) is 4.02. The fourth-order valence-corrected chi connectivity index (χ4v) is 4.02. The highest BCUT2D eigenvalue weighted by Gasteiger charge is 2.45. The quantitative estimate of drug-likeness (QED) is 0.424. The van der Waals surface area contributed by atoms with Gasteiger partial charge in [-0.05, 0) is 40.1 Å². The van der Waals surface area contributed by atoms with Crippen molar-refractivity contribution in [1.29, 1.82) is 0 Å². The SMILES string of the molecule is CC(=O)N1N=C(c2ccc(-c3ccccc3)cc2)O[C@]1(C)c1ccc2ccccc2c1. The summed E-state index contributed by atoms with van der Waals surface area (Å²) in [6, 6.07) is 32.5.